The van der Waals surface area contributed by atoms with E-state index in [1.807, 2.05) is 5.38 Å². The smallest absolute Gasteiger partial charge is 0.269 e. The van der Waals surface area contributed by atoms with E-state index in [4.69, 9.17) is 4.74 Å². The third-order valence-electron chi connectivity index (χ3n) is 3.12. The third kappa shape index (κ3) is 3.56. The molecule has 1 fully saturated rings. The molecule has 0 aliphatic carbocycles. The fourth-order valence-electron chi connectivity index (χ4n) is 2.06. The summed E-state index contributed by atoms with van der Waals surface area (Å²) in [6, 6.07) is 6.58. The largest absolute Gasteiger partial charge is 0.378 e. The van der Waals surface area contributed by atoms with Gasteiger partial charge >= 0.3 is 0 Å². The number of hydrogen-bond acceptors (Lipinski definition) is 6. The maximum atomic E-state index is 10.6. The lowest BCUT2D eigenvalue weighted by molar-refractivity contribution is -0.384. The van der Waals surface area contributed by atoms with Crippen LogP contribution in [-0.4, -0.2) is 29.7 Å². The normalized spacial score (nSPS) is 18.0. The van der Waals surface area contributed by atoms with Crippen LogP contribution in [0.1, 0.15) is 11.0 Å². The summed E-state index contributed by atoms with van der Waals surface area (Å²) in [6.07, 6.45) is 0. The summed E-state index contributed by atoms with van der Waals surface area (Å²) in [5, 5.41) is 16.9. The number of nitrogens with one attached hydrogen (secondary N) is 1. The van der Waals surface area contributed by atoms with Crippen molar-refractivity contribution in [3.8, 4) is 11.3 Å². The first kappa shape index (κ1) is 15.8. The number of hydrogen-bond donors (Lipinski definition) is 1. The van der Waals surface area contributed by atoms with Gasteiger partial charge in [0.25, 0.3) is 5.69 Å². The average Bonchev–Trinajstić information content (AvgIpc) is 2.98. The number of nitrogens with zero attached hydrogens (tertiary/aromatic N) is 2. The lowest BCUT2D eigenvalue weighted by atomic mass is 10.1. The lowest BCUT2D eigenvalue weighted by Gasteiger charge is -2.21. The van der Waals surface area contributed by atoms with E-state index < -0.39 is 4.92 Å². The highest BCUT2D eigenvalue weighted by Gasteiger charge is 2.19. The predicted octanol–water partition coefficient (Wildman–Crippen LogP) is 2.80. The van der Waals surface area contributed by atoms with Gasteiger partial charge in [-0.15, -0.1) is 23.7 Å². The molecule has 8 heteroatoms. The minimum Gasteiger partial charge on any atom is -0.378 e. The Morgan fingerprint density at radius 2 is 2.14 bits per heavy atom. The molecule has 2 heterocycles. The third-order valence-corrected chi connectivity index (χ3v) is 4.07. The molecular weight excluding hydrogens is 314 g/mol. The van der Waals surface area contributed by atoms with Gasteiger partial charge in [0, 0.05) is 29.6 Å². The Bertz CT molecular complexity index is 611. The van der Waals surface area contributed by atoms with Crippen LogP contribution < -0.4 is 5.32 Å². The molecule has 0 saturated carbocycles. The Morgan fingerprint density at radius 1 is 1.38 bits per heavy atom. The van der Waals surface area contributed by atoms with Crippen LogP contribution in [-0.2, 0) is 4.74 Å². The van der Waals surface area contributed by atoms with Crippen molar-refractivity contribution in [3.05, 3.63) is 44.8 Å². The number of non-ortho nitro benzene ring substituents is 1. The summed E-state index contributed by atoms with van der Waals surface area (Å²) < 4.78 is 5.42. The Balaban J connectivity index is 0.00000161. The van der Waals surface area contributed by atoms with E-state index in [9.17, 15) is 10.1 Å². The second-order valence-electron chi connectivity index (χ2n) is 4.46. The Morgan fingerprint density at radius 3 is 2.76 bits per heavy atom. The molecule has 21 heavy (non-hydrogen) atoms. The van der Waals surface area contributed by atoms with Gasteiger partial charge in [-0.2, -0.15) is 0 Å². The summed E-state index contributed by atoms with van der Waals surface area (Å²) in [4.78, 5) is 14.8. The van der Waals surface area contributed by atoms with Crippen LogP contribution in [0.4, 0.5) is 5.69 Å². The highest BCUT2D eigenvalue weighted by molar-refractivity contribution is 7.10. The van der Waals surface area contributed by atoms with Crippen molar-refractivity contribution in [3.63, 3.8) is 0 Å². The van der Waals surface area contributed by atoms with Crippen molar-refractivity contribution in [2.24, 2.45) is 0 Å². The zero-order chi connectivity index (χ0) is 13.9. The Hall–Kier alpha value is -1.54. The van der Waals surface area contributed by atoms with E-state index in [1.54, 1.807) is 23.5 Å². The summed E-state index contributed by atoms with van der Waals surface area (Å²) in [5.74, 6) is 0. The van der Waals surface area contributed by atoms with Gasteiger partial charge in [0.2, 0.25) is 0 Å². The molecule has 2 aromatic rings. The maximum Gasteiger partial charge on any atom is 0.269 e. The molecule has 1 atom stereocenters. The number of thiazole rings is 1. The molecule has 0 bridgehead atoms. The van der Waals surface area contributed by atoms with Crippen LogP contribution in [0, 0.1) is 10.1 Å². The van der Waals surface area contributed by atoms with Gasteiger partial charge in [0.1, 0.15) is 5.01 Å². The van der Waals surface area contributed by atoms with Crippen molar-refractivity contribution in [1.29, 1.82) is 0 Å². The van der Waals surface area contributed by atoms with Crippen LogP contribution >= 0.6 is 23.7 Å². The molecule has 1 unspecified atom stereocenters. The first-order valence-electron chi connectivity index (χ1n) is 6.25. The van der Waals surface area contributed by atoms with Crippen LogP contribution in [0.5, 0.6) is 0 Å². The van der Waals surface area contributed by atoms with Gasteiger partial charge < -0.3 is 10.1 Å². The molecular formula is C13H14ClN3O3S. The number of nitro benzene ring substituents is 1. The topological polar surface area (TPSA) is 77.3 Å². The van der Waals surface area contributed by atoms with Crippen LogP contribution in [0.25, 0.3) is 11.3 Å². The van der Waals surface area contributed by atoms with E-state index in [2.05, 4.69) is 10.3 Å². The Labute approximate surface area is 131 Å². The predicted molar refractivity (Wildman–Crippen MR) is 83.0 cm³/mol. The molecule has 1 saturated heterocycles. The number of rotatable bonds is 3. The summed E-state index contributed by atoms with van der Waals surface area (Å²) in [7, 11) is 0. The number of morpholine rings is 1. The van der Waals surface area contributed by atoms with Gasteiger partial charge in [-0.1, -0.05) is 0 Å². The van der Waals surface area contributed by atoms with Gasteiger partial charge in [-0.3, -0.25) is 10.1 Å². The minimum atomic E-state index is -0.403. The molecule has 6 nitrogen and oxygen atoms in total. The molecule has 1 aliphatic rings. The molecule has 112 valence electrons. The molecule has 1 aliphatic heterocycles. The fraction of sp³-hybridized carbons (Fsp3) is 0.308. The van der Waals surface area contributed by atoms with E-state index in [0.717, 1.165) is 29.4 Å². The lowest BCUT2D eigenvalue weighted by Crippen LogP contribution is -2.34. The first-order chi connectivity index (χ1) is 9.74. The fourth-order valence-corrected chi connectivity index (χ4v) is 2.95. The number of nitro groups is 1. The number of benzene rings is 1. The van der Waals surface area contributed by atoms with Gasteiger partial charge in [0.05, 0.1) is 29.9 Å². The SMILES string of the molecule is Cl.O=[N+]([O-])c1ccc(-c2csc(C3COCCN3)n2)cc1. The van der Waals surface area contributed by atoms with E-state index in [0.29, 0.717) is 6.61 Å². The molecule has 0 amide bonds. The standard InChI is InChI=1S/C13H13N3O3S.ClH/c17-16(18)10-3-1-9(2-4-10)12-8-20-13(15-12)11-7-19-6-5-14-11;/h1-4,8,11,14H,5-7H2;1H. The van der Waals surface area contributed by atoms with E-state index in [1.165, 1.54) is 12.1 Å². The van der Waals surface area contributed by atoms with Gasteiger partial charge in [-0.25, -0.2) is 4.98 Å². The molecule has 1 N–H and O–H groups in total. The van der Waals surface area contributed by atoms with Gasteiger partial charge in [-0.05, 0) is 12.1 Å². The quantitative estimate of drug-likeness (QED) is 0.693. The molecule has 0 radical (unpaired) electrons. The van der Waals surface area contributed by atoms with E-state index >= 15 is 0 Å². The molecule has 3 rings (SSSR count). The van der Waals surface area contributed by atoms with Gasteiger partial charge in [0.15, 0.2) is 0 Å². The number of ether oxygens (including phenoxy) is 1. The molecule has 1 aromatic carbocycles. The number of halogens is 1. The molecule has 1 aromatic heterocycles. The zero-order valence-electron chi connectivity index (χ0n) is 11.0. The van der Waals surface area contributed by atoms with Crippen LogP contribution in [0.15, 0.2) is 29.6 Å². The number of aromatic nitrogens is 1. The monoisotopic (exact) mass is 327 g/mol. The zero-order valence-corrected chi connectivity index (χ0v) is 12.7. The summed E-state index contributed by atoms with van der Waals surface area (Å²) >= 11 is 1.57. The summed E-state index contributed by atoms with van der Waals surface area (Å²) in [5.41, 5.74) is 1.81. The highest BCUT2D eigenvalue weighted by Crippen LogP contribution is 2.27. The van der Waals surface area contributed by atoms with Crippen molar-refractivity contribution in [1.82, 2.24) is 10.3 Å². The van der Waals surface area contributed by atoms with Crippen molar-refractivity contribution < 1.29 is 9.66 Å². The Kier molecular flexibility index (Phi) is 5.24. The second-order valence-corrected chi connectivity index (χ2v) is 5.35. The second kappa shape index (κ2) is 6.95. The maximum absolute atomic E-state index is 10.6. The van der Waals surface area contributed by atoms with E-state index in [-0.39, 0.29) is 24.1 Å². The van der Waals surface area contributed by atoms with Crippen molar-refractivity contribution in [2.75, 3.05) is 19.8 Å². The highest BCUT2D eigenvalue weighted by atomic mass is 35.5. The average molecular weight is 328 g/mol. The molecule has 0 spiro atoms. The van der Waals surface area contributed by atoms with Crippen molar-refractivity contribution in [2.45, 2.75) is 6.04 Å². The van der Waals surface area contributed by atoms with Crippen LogP contribution in [0.2, 0.25) is 0 Å². The van der Waals surface area contributed by atoms with Crippen LogP contribution in [0.3, 0.4) is 0 Å². The first-order valence-corrected chi connectivity index (χ1v) is 7.13. The minimum absolute atomic E-state index is 0. The van der Waals surface area contributed by atoms with Crippen molar-refractivity contribution >= 4 is 29.4 Å². The summed E-state index contributed by atoms with van der Waals surface area (Å²) in [6.45, 7) is 2.20.